The lowest BCUT2D eigenvalue weighted by molar-refractivity contribution is -0.122. The van der Waals surface area contributed by atoms with Crippen LogP contribution in [0.2, 0.25) is 5.02 Å². The highest BCUT2D eigenvalue weighted by molar-refractivity contribution is 9.10. The Balaban J connectivity index is 1.64. The number of benzene rings is 3. The number of carbonyl (C=O) groups is 3. The largest absolute Gasteiger partial charge is 0.497 e. The fourth-order valence-electron chi connectivity index (χ4n) is 3.60. The van der Waals surface area contributed by atoms with Crippen LogP contribution in [0.5, 0.6) is 17.2 Å². The third-order valence-corrected chi connectivity index (χ3v) is 6.21. The maximum Gasteiger partial charge on any atom is 0.335 e. The average molecular weight is 586 g/mol. The number of nitrogens with zero attached hydrogens (tertiary/aromatic N) is 1. The molecule has 0 aliphatic carbocycles. The Labute approximate surface area is 226 Å². The van der Waals surface area contributed by atoms with E-state index < -0.39 is 17.8 Å². The number of halogens is 2. The number of imide groups is 2. The maximum atomic E-state index is 13.2. The van der Waals surface area contributed by atoms with Gasteiger partial charge in [0.05, 0.1) is 23.9 Å². The molecule has 0 aromatic heterocycles. The number of carbonyl (C=O) groups excluding carboxylic acids is 3. The van der Waals surface area contributed by atoms with Gasteiger partial charge in [0.1, 0.15) is 17.9 Å². The molecule has 4 rings (SSSR count). The minimum atomic E-state index is -0.834. The second-order valence-electron chi connectivity index (χ2n) is 7.83. The van der Waals surface area contributed by atoms with Gasteiger partial charge in [-0.05, 0) is 88.6 Å². The number of hydrogen-bond acceptors (Lipinski definition) is 6. The summed E-state index contributed by atoms with van der Waals surface area (Å²) in [5, 5.41) is 2.85. The lowest BCUT2D eigenvalue weighted by Crippen LogP contribution is -2.54. The van der Waals surface area contributed by atoms with Crippen LogP contribution in [0.4, 0.5) is 10.5 Å². The van der Waals surface area contributed by atoms with Crippen molar-refractivity contribution >= 4 is 57.1 Å². The molecule has 10 heteroatoms. The summed E-state index contributed by atoms with van der Waals surface area (Å²) in [5.41, 5.74) is 1.50. The van der Waals surface area contributed by atoms with Gasteiger partial charge in [-0.15, -0.1) is 0 Å². The topological polar surface area (TPSA) is 94.2 Å². The highest BCUT2D eigenvalue weighted by Gasteiger charge is 2.37. The molecular weight excluding hydrogens is 564 g/mol. The first kappa shape index (κ1) is 26.2. The first-order valence-corrected chi connectivity index (χ1v) is 12.4. The van der Waals surface area contributed by atoms with Gasteiger partial charge in [-0.3, -0.25) is 14.9 Å². The molecule has 0 unspecified atom stereocenters. The molecule has 0 spiro atoms. The van der Waals surface area contributed by atoms with Crippen LogP contribution in [0.1, 0.15) is 18.1 Å². The highest BCUT2D eigenvalue weighted by Crippen LogP contribution is 2.38. The number of amides is 4. The monoisotopic (exact) mass is 584 g/mol. The summed E-state index contributed by atoms with van der Waals surface area (Å²) in [4.78, 5) is 39.2. The van der Waals surface area contributed by atoms with Crippen molar-refractivity contribution in [2.45, 2.75) is 13.5 Å². The Morgan fingerprint density at radius 3 is 2.35 bits per heavy atom. The zero-order valence-corrected chi connectivity index (χ0v) is 22.3. The van der Waals surface area contributed by atoms with Crippen LogP contribution < -0.4 is 24.4 Å². The molecule has 0 bridgehead atoms. The fourth-order valence-corrected chi connectivity index (χ4v) is 4.30. The molecule has 4 amide bonds. The van der Waals surface area contributed by atoms with Gasteiger partial charge in [0, 0.05) is 5.02 Å². The van der Waals surface area contributed by atoms with E-state index in [9.17, 15) is 14.4 Å². The molecule has 0 saturated carbocycles. The summed E-state index contributed by atoms with van der Waals surface area (Å²) in [6.45, 7) is 2.47. The average Bonchev–Trinajstić information content (AvgIpc) is 2.87. The lowest BCUT2D eigenvalue weighted by Gasteiger charge is -2.26. The van der Waals surface area contributed by atoms with E-state index in [0.29, 0.717) is 44.6 Å². The van der Waals surface area contributed by atoms with Crippen molar-refractivity contribution in [2.24, 2.45) is 0 Å². The number of barbiturate groups is 1. The van der Waals surface area contributed by atoms with Crippen LogP contribution in [0.3, 0.4) is 0 Å². The molecule has 8 nitrogen and oxygen atoms in total. The summed E-state index contributed by atoms with van der Waals surface area (Å²) in [6, 6.07) is 16.1. The number of nitrogens with one attached hydrogen (secondary N) is 1. The summed E-state index contributed by atoms with van der Waals surface area (Å²) in [7, 11) is 1.51. The first-order valence-electron chi connectivity index (χ1n) is 11.2. The third-order valence-electron chi connectivity index (χ3n) is 5.37. The van der Waals surface area contributed by atoms with Gasteiger partial charge in [0.2, 0.25) is 0 Å². The van der Waals surface area contributed by atoms with E-state index in [1.54, 1.807) is 48.5 Å². The SMILES string of the molecule is CCOc1cc(/C=C2\C(=O)NC(=O)N(c3ccc(OC)cc3)C2=O)cc(Br)c1OCc1ccc(Cl)cc1. The molecule has 1 N–H and O–H groups in total. The Bertz CT molecular complexity index is 1370. The second-order valence-corrected chi connectivity index (χ2v) is 9.12. The molecule has 37 heavy (non-hydrogen) atoms. The molecule has 1 aliphatic rings. The minimum absolute atomic E-state index is 0.209. The fraction of sp³-hybridized carbons (Fsp3) is 0.148. The van der Waals surface area contributed by atoms with Crippen molar-refractivity contribution in [3.05, 3.63) is 86.9 Å². The van der Waals surface area contributed by atoms with Crippen molar-refractivity contribution in [3.8, 4) is 17.2 Å². The third kappa shape index (κ3) is 5.95. The Kier molecular flexibility index (Phi) is 8.15. The number of hydrogen-bond donors (Lipinski definition) is 1. The lowest BCUT2D eigenvalue weighted by atomic mass is 10.1. The van der Waals surface area contributed by atoms with Gasteiger partial charge in [-0.1, -0.05) is 23.7 Å². The smallest absolute Gasteiger partial charge is 0.335 e. The van der Waals surface area contributed by atoms with Gasteiger partial charge in [-0.25, -0.2) is 9.69 Å². The highest BCUT2D eigenvalue weighted by atomic mass is 79.9. The first-order chi connectivity index (χ1) is 17.8. The number of methoxy groups -OCH3 is 1. The maximum absolute atomic E-state index is 13.2. The molecule has 1 heterocycles. The van der Waals surface area contributed by atoms with E-state index in [1.165, 1.54) is 13.2 Å². The van der Waals surface area contributed by atoms with Crippen LogP contribution in [-0.2, 0) is 16.2 Å². The van der Waals surface area contributed by atoms with Gasteiger partial charge >= 0.3 is 6.03 Å². The molecule has 0 radical (unpaired) electrons. The Hall–Kier alpha value is -3.82. The number of urea groups is 1. The van der Waals surface area contributed by atoms with Crippen LogP contribution in [0.15, 0.2) is 70.7 Å². The van der Waals surface area contributed by atoms with Crippen molar-refractivity contribution in [3.63, 3.8) is 0 Å². The molecule has 1 saturated heterocycles. The zero-order chi connectivity index (χ0) is 26.5. The van der Waals surface area contributed by atoms with Crippen LogP contribution >= 0.6 is 27.5 Å². The second kappa shape index (κ2) is 11.5. The van der Waals surface area contributed by atoms with Gasteiger partial charge < -0.3 is 14.2 Å². The predicted octanol–water partition coefficient (Wildman–Crippen LogP) is 5.76. The summed E-state index contributed by atoms with van der Waals surface area (Å²) in [6.07, 6.45) is 1.40. The van der Waals surface area contributed by atoms with Crippen molar-refractivity contribution in [1.29, 1.82) is 0 Å². The van der Waals surface area contributed by atoms with Crippen molar-refractivity contribution < 1.29 is 28.6 Å². The standard InChI is InChI=1S/C27H22BrClN2O6/c1-3-36-23-14-17(13-22(28)24(23)37-15-16-4-6-18(29)7-5-16)12-21-25(32)30-27(34)31(26(21)33)19-8-10-20(35-2)11-9-19/h4-14H,3,15H2,1-2H3,(H,30,32,34)/b21-12+. The molecule has 1 aliphatic heterocycles. The van der Waals surface area contributed by atoms with Crippen LogP contribution in [-0.4, -0.2) is 31.6 Å². The summed E-state index contributed by atoms with van der Waals surface area (Å²) in [5.74, 6) is -0.0991. The van der Waals surface area contributed by atoms with Gasteiger partial charge in [0.15, 0.2) is 11.5 Å². The predicted molar refractivity (Wildman–Crippen MR) is 143 cm³/mol. The number of rotatable bonds is 8. The summed E-state index contributed by atoms with van der Waals surface area (Å²) >= 11 is 9.45. The Morgan fingerprint density at radius 2 is 1.70 bits per heavy atom. The minimum Gasteiger partial charge on any atom is -0.497 e. The quantitative estimate of drug-likeness (QED) is 0.267. The van der Waals surface area contributed by atoms with E-state index in [0.717, 1.165) is 10.5 Å². The Morgan fingerprint density at radius 1 is 1.00 bits per heavy atom. The molecule has 0 atom stereocenters. The molecule has 3 aromatic carbocycles. The van der Waals surface area contributed by atoms with E-state index in [2.05, 4.69) is 21.2 Å². The number of anilines is 1. The molecule has 190 valence electrons. The normalized spacial score (nSPS) is 14.5. The van der Waals surface area contributed by atoms with Gasteiger partial charge in [0.25, 0.3) is 11.8 Å². The van der Waals surface area contributed by atoms with E-state index in [-0.39, 0.29) is 12.2 Å². The summed E-state index contributed by atoms with van der Waals surface area (Å²) < 4.78 is 17.5. The van der Waals surface area contributed by atoms with Crippen molar-refractivity contribution in [2.75, 3.05) is 18.6 Å². The van der Waals surface area contributed by atoms with E-state index >= 15 is 0 Å². The van der Waals surface area contributed by atoms with Crippen LogP contribution in [0.25, 0.3) is 6.08 Å². The molecule has 3 aromatic rings. The van der Waals surface area contributed by atoms with Crippen LogP contribution in [0, 0.1) is 0 Å². The van der Waals surface area contributed by atoms with Crippen molar-refractivity contribution in [1.82, 2.24) is 5.32 Å². The van der Waals surface area contributed by atoms with E-state index in [1.807, 2.05) is 19.1 Å². The zero-order valence-electron chi connectivity index (χ0n) is 19.9. The van der Waals surface area contributed by atoms with E-state index in [4.69, 9.17) is 25.8 Å². The molecular formula is C27H22BrClN2O6. The number of ether oxygens (including phenoxy) is 3. The molecule has 1 fully saturated rings. The van der Waals surface area contributed by atoms with Gasteiger partial charge in [-0.2, -0.15) is 0 Å².